The fourth-order valence-electron chi connectivity index (χ4n) is 2.51. The Balaban J connectivity index is 1.61. The van der Waals surface area contributed by atoms with Crippen LogP contribution in [0.5, 0.6) is 11.5 Å². The van der Waals surface area contributed by atoms with Gasteiger partial charge in [-0.2, -0.15) is 0 Å². The van der Waals surface area contributed by atoms with Crippen LogP contribution in [0.3, 0.4) is 0 Å². The van der Waals surface area contributed by atoms with Crippen molar-refractivity contribution in [1.29, 1.82) is 0 Å². The molecule has 0 saturated carbocycles. The van der Waals surface area contributed by atoms with Crippen LogP contribution in [0, 0.1) is 0 Å². The van der Waals surface area contributed by atoms with Crippen LogP contribution in [0.4, 0.5) is 5.13 Å². The highest BCUT2D eigenvalue weighted by Gasteiger charge is 2.13. The lowest BCUT2D eigenvalue weighted by molar-refractivity contribution is -0.115. The zero-order valence-electron chi connectivity index (χ0n) is 15.3. The number of carbonyl (C=O) groups is 1. The number of rotatable bonds is 8. The van der Waals surface area contributed by atoms with E-state index in [0.29, 0.717) is 16.6 Å². The van der Waals surface area contributed by atoms with Crippen molar-refractivity contribution in [3.63, 3.8) is 0 Å². The van der Waals surface area contributed by atoms with E-state index in [0.717, 1.165) is 11.3 Å². The molecule has 6 nitrogen and oxygen atoms in total. The van der Waals surface area contributed by atoms with E-state index < -0.39 is 0 Å². The van der Waals surface area contributed by atoms with Gasteiger partial charge in [-0.15, -0.1) is 22.7 Å². The van der Waals surface area contributed by atoms with Crippen molar-refractivity contribution in [3.8, 4) is 22.8 Å². The average Bonchev–Trinajstić information content (AvgIpc) is 3.37. The molecule has 2 heterocycles. The lowest BCUT2D eigenvalue weighted by Gasteiger charge is -2.11. The molecule has 0 aliphatic carbocycles. The summed E-state index contributed by atoms with van der Waals surface area (Å²) in [5.41, 5.74) is 1.59. The summed E-state index contributed by atoms with van der Waals surface area (Å²) in [7, 11) is 3.21. The van der Waals surface area contributed by atoms with Gasteiger partial charge in [0.15, 0.2) is 5.13 Å². The minimum atomic E-state index is -0.124. The Hall–Kier alpha value is -2.42. The first-order chi connectivity index (χ1) is 13.1. The van der Waals surface area contributed by atoms with E-state index in [2.05, 4.69) is 21.7 Å². The lowest BCUT2D eigenvalue weighted by atomic mass is 10.1. The van der Waals surface area contributed by atoms with E-state index in [9.17, 15) is 4.79 Å². The number of amides is 1. The van der Waals surface area contributed by atoms with Crippen molar-refractivity contribution in [2.75, 3.05) is 26.1 Å². The monoisotopic (exact) mass is 403 g/mol. The van der Waals surface area contributed by atoms with Gasteiger partial charge in [0.05, 0.1) is 26.5 Å². The van der Waals surface area contributed by atoms with E-state index >= 15 is 0 Å². The van der Waals surface area contributed by atoms with Gasteiger partial charge >= 0.3 is 0 Å². The molecule has 2 aromatic heterocycles. The van der Waals surface area contributed by atoms with E-state index in [-0.39, 0.29) is 18.5 Å². The Bertz CT molecular complexity index is 894. The minimum absolute atomic E-state index is 0.124. The number of thiazole rings is 1. The second-order valence-corrected chi connectivity index (χ2v) is 7.61. The molecule has 0 radical (unpaired) electrons. The predicted molar refractivity (Wildman–Crippen MR) is 110 cm³/mol. The van der Waals surface area contributed by atoms with Crippen molar-refractivity contribution in [3.05, 3.63) is 46.0 Å². The van der Waals surface area contributed by atoms with Crippen molar-refractivity contribution in [1.82, 2.24) is 10.3 Å². The number of aromatic nitrogens is 1. The molecular weight excluding hydrogens is 382 g/mol. The van der Waals surface area contributed by atoms with Crippen molar-refractivity contribution < 1.29 is 14.3 Å². The number of ether oxygens (including phenoxy) is 2. The van der Waals surface area contributed by atoms with Crippen molar-refractivity contribution in [2.45, 2.75) is 13.0 Å². The number of methoxy groups -OCH3 is 2. The SMILES string of the molecule is COc1ccc(-c2csc(NC(=O)CNC(C)c3cccs3)n2)c(OC)c1. The summed E-state index contributed by atoms with van der Waals surface area (Å²) in [5, 5.41) is 10.5. The summed E-state index contributed by atoms with van der Waals surface area (Å²) in [4.78, 5) is 17.9. The van der Waals surface area contributed by atoms with Crippen LogP contribution in [0.25, 0.3) is 11.3 Å². The molecule has 2 N–H and O–H groups in total. The highest BCUT2D eigenvalue weighted by molar-refractivity contribution is 7.14. The Labute approximate surface area is 166 Å². The van der Waals surface area contributed by atoms with Crippen LogP contribution in [-0.4, -0.2) is 31.7 Å². The molecule has 1 unspecified atom stereocenters. The highest BCUT2D eigenvalue weighted by atomic mass is 32.1. The van der Waals surface area contributed by atoms with Crippen LogP contribution in [0.1, 0.15) is 17.8 Å². The standard InChI is InChI=1S/C19H21N3O3S2/c1-12(17-5-4-8-26-17)20-10-18(23)22-19-21-15(11-27-19)14-7-6-13(24-2)9-16(14)25-3/h4-9,11-12,20H,10H2,1-3H3,(H,21,22,23). The molecule has 142 valence electrons. The number of hydrogen-bond donors (Lipinski definition) is 2. The molecule has 1 aromatic carbocycles. The van der Waals surface area contributed by atoms with Gasteiger partial charge in [-0.05, 0) is 30.5 Å². The van der Waals surface area contributed by atoms with Crippen LogP contribution in [0.2, 0.25) is 0 Å². The molecule has 1 amide bonds. The lowest BCUT2D eigenvalue weighted by Crippen LogP contribution is -2.29. The molecule has 8 heteroatoms. The van der Waals surface area contributed by atoms with Gasteiger partial charge in [0.25, 0.3) is 0 Å². The van der Waals surface area contributed by atoms with Gasteiger partial charge < -0.3 is 20.1 Å². The number of hydrogen-bond acceptors (Lipinski definition) is 7. The van der Waals surface area contributed by atoms with Crippen LogP contribution in [0.15, 0.2) is 41.1 Å². The third-order valence-electron chi connectivity index (χ3n) is 3.97. The zero-order valence-corrected chi connectivity index (χ0v) is 16.9. The molecular formula is C19H21N3O3S2. The molecule has 27 heavy (non-hydrogen) atoms. The summed E-state index contributed by atoms with van der Waals surface area (Å²) in [5.74, 6) is 1.26. The Morgan fingerprint density at radius 2 is 2.07 bits per heavy atom. The van der Waals surface area contributed by atoms with E-state index in [1.165, 1.54) is 16.2 Å². The van der Waals surface area contributed by atoms with E-state index in [4.69, 9.17) is 9.47 Å². The molecule has 0 saturated heterocycles. The predicted octanol–water partition coefficient (Wildman–Crippen LogP) is 4.18. The summed E-state index contributed by atoms with van der Waals surface area (Å²) in [6, 6.07) is 9.74. The third-order valence-corrected chi connectivity index (χ3v) is 5.79. The first-order valence-electron chi connectivity index (χ1n) is 8.35. The number of anilines is 1. The smallest absolute Gasteiger partial charge is 0.240 e. The molecule has 0 fully saturated rings. The fourth-order valence-corrected chi connectivity index (χ4v) is 4.00. The van der Waals surface area contributed by atoms with Crippen molar-refractivity contribution >= 4 is 33.7 Å². The molecule has 0 spiro atoms. The number of carbonyl (C=O) groups excluding carboxylic acids is 1. The number of benzene rings is 1. The Morgan fingerprint density at radius 3 is 2.78 bits per heavy atom. The van der Waals surface area contributed by atoms with Gasteiger partial charge in [-0.3, -0.25) is 4.79 Å². The zero-order chi connectivity index (χ0) is 19.2. The van der Waals surface area contributed by atoms with Gasteiger partial charge in [-0.1, -0.05) is 6.07 Å². The summed E-state index contributed by atoms with van der Waals surface area (Å²) < 4.78 is 10.6. The maximum Gasteiger partial charge on any atom is 0.240 e. The third kappa shape index (κ3) is 4.85. The second-order valence-electron chi connectivity index (χ2n) is 5.77. The van der Waals surface area contributed by atoms with Gasteiger partial charge in [0, 0.05) is 27.9 Å². The highest BCUT2D eigenvalue weighted by Crippen LogP contribution is 2.34. The fraction of sp³-hybridized carbons (Fsp3) is 0.263. The van der Waals surface area contributed by atoms with Gasteiger partial charge in [0.2, 0.25) is 5.91 Å². The molecule has 0 aliphatic heterocycles. The topological polar surface area (TPSA) is 72.5 Å². The average molecular weight is 404 g/mol. The summed E-state index contributed by atoms with van der Waals surface area (Å²) in [6.07, 6.45) is 0. The van der Waals surface area contributed by atoms with E-state index in [1.54, 1.807) is 25.6 Å². The largest absolute Gasteiger partial charge is 0.497 e. The normalized spacial score (nSPS) is 11.8. The molecule has 3 aromatic rings. The van der Waals surface area contributed by atoms with Crippen LogP contribution in [-0.2, 0) is 4.79 Å². The molecule has 1 atom stereocenters. The summed E-state index contributed by atoms with van der Waals surface area (Å²) >= 11 is 3.05. The molecule has 3 rings (SSSR count). The van der Waals surface area contributed by atoms with Gasteiger partial charge in [0.1, 0.15) is 11.5 Å². The summed E-state index contributed by atoms with van der Waals surface area (Å²) in [6.45, 7) is 2.26. The van der Waals surface area contributed by atoms with Gasteiger partial charge in [-0.25, -0.2) is 4.98 Å². The first kappa shape index (κ1) is 19.3. The van der Waals surface area contributed by atoms with E-state index in [1.807, 2.05) is 41.9 Å². The first-order valence-corrected chi connectivity index (χ1v) is 10.1. The minimum Gasteiger partial charge on any atom is -0.497 e. The maximum atomic E-state index is 12.2. The van der Waals surface area contributed by atoms with Crippen molar-refractivity contribution in [2.24, 2.45) is 0 Å². The van der Waals surface area contributed by atoms with Crippen LogP contribution >= 0.6 is 22.7 Å². The second kappa shape index (κ2) is 8.98. The quantitative estimate of drug-likeness (QED) is 0.590. The maximum absolute atomic E-state index is 12.2. The Morgan fingerprint density at radius 1 is 1.22 bits per heavy atom. The molecule has 0 bridgehead atoms. The number of nitrogens with zero attached hydrogens (tertiary/aromatic N) is 1. The number of nitrogens with one attached hydrogen (secondary N) is 2. The molecule has 0 aliphatic rings. The Kier molecular flexibility index (Phi) is 6.44. The van der Waals surface area contributed by atoms with Crippen LogP contribution < -0.4 is 20.1 Å². The number of thiophene rings is 1.